The fourth-order valence-electron chi connectivity index (χ4n) is 2.08. The van der Waals surface area contributed by atoms with Gasteiger partial charge in [0.1, 0.15) is 5.82 Å². The number of nitrogens with zero attached hydrogens (tertiary/aromatic N) is 2. The maximum atomic E-state index is 4.35. The fraction of sp³-hybridized carbons (Fsp3) is 0.308. The lowest BCUT2D eigenvalue weighted by molar-refractivity contribution is 0.762. The predicted molar refractivity (Wildman–Crippen MR) is 67.5 cm³/mol. The molecule has 1 aliphatic rings. The molecule has 1 aliphatic heterocycles. The lowest BCUT2D eigenvalue weighted by Gasteiger charge is -2.08. The van der Waals surface area contributed by atoms with Crippen LogP contribution in [0.15, 0.2) is 42.7 Å². The zero-order chi connectivity index (χ0) is 10.8. The summed E-state index contributed by atoms with van der Waals surface area (Å²) in [4.78, 5) is 4.35. The molecular weight excluding hydrogens is 216 g/mol. The smallest absolute Gasteiger partial charge is 0.109 e. The highest BCUT2D eigenvalue weighted by Gasteiger charge is 2.21. The summed E-state index contributed by atoms with van der Waals surface area (Å²) in [7, 11) is 0. The van der Waals surface area contributed by atoms with Crippen LogP contribution in [-0.2, 0) is 18.7 Å². The highest BCUT2D eigenvalue weighted by molar-refractivity contribution is 7.99. The third-order valence-corrected chi connectivity index (χ3v) is 4.23. The van der Waals surface area contributed by atoms with Crippen LogP contribution in [0.4, 0.5) is 0 Å². The number of benzene rings is 1. The van der Waals surface area contributed by atoms with Crippen LogP contribution in [0.1, 0.15) is 11.4 Å². The van der Waals surface area contributed by atoms with Crippen LogP contribution >= 0.6 is 11.8 Å². The summed E-state index contributed by atoms with van der Waals surface area (Å²) in [5.74, 6) is 2.35. The van der Waals surface area contributed by atoms with E-state index < -0.39 is 0 Å². The summed E-state index contributed by atoms with van der Waals surface area (Å²) in [5, 5.41) is 0.698. The number of fused-ring (bicyclic) bond motifs is 1. The largest absolute Gasteiger partial charge is 0.334 e. The average molecular weight is 230 g/mol. The SMILES string of the molecule is c1ccc(CS[C@H]2Cc3nccn3C2)cc1. The van der Waals surface area contributed by atoms with Gasteiger partial charge in [-0.05, 0) is 5.56 Å². The van der Waals surface area contributed by atoms with Crippen molar-refractivity contribution in [3.05, 3.63) is 54.1 Å². The summed E-state index contributed by atoms with van der Waals surface area (Å²) >= 11 is 2.04. The lowest BCUT2D eigenvalue weighted by atomic mass is 10.2. The van der Waals surface area contributed by atoms with E-state index >= 15 is 0 Å². The minimum atomic E-state index is 0.698. The van der Waals surface area contributed by atoms with Crippen molar-refractivity contribution in [3.63, 3.8) is 0 Å². The van der Waals surface area contributed by atoms with Gasteiger partial charge in [-0.25, -0.2) is 4.98 Å². The first-order chi connectivity index (χ1) is 7.92. The van der Waals surface area contributed by atoms with Gasteiger partial charge in [-0.1, -0.05) is 30.3 Å². The Labute approximate surface area is 99.7 Å². The van der Waals surface area contributed by atoms with Crippen molar-refractivity contribution in [2.75, 3.05) is 0 Å². The molecule has 1 aromatic heterocycles. The van der Waals surface area contributed by atoms with Crippen LogP contribution in [0.2, 0.25) is 0 Å². The molecule has 0 aliphatic carbocycles. The van der Waals surface area contributed by atoms with Gasteiger partial charge in [-0.15, -0.1) is 0 Å². The van der Waals surface area contributed by atoms with E-state index in [9.17, 15) is 0 Å². The number of rotatable bonds is 3. The van der Waals surface area contributed by atoms with Gasteiger partial charge in [-0.2, -0.15) is 11.8 Å². The first kappa shape index (κ1) is 9.97. The molecule has 1 aromatic carbocycles. The highest BCUT2D eigenvalue weighted by Crippen LogP contribution is 2.26. The van der Waals surface area contributed by atoms with Gasteiger partial charge in [0.15, 0.2) is 0 Å². The van der Waals surface area contributed by atoms with E-state index in [1.807, 2.05) is 18.0 Å². The molecule has 0 amide bonds. The molecular formula is C13H14N2S. The minimum absolute atomic E-state index is 0.698. The number of hydrogen-bond acceptors (Lipinski definition) is 2. The molecule has 2 heterocycles. The van der Waals surface area contributed by atoms with E-state index in [2.05, 4.69) is 46.1 Å². The standard InChI is InChI=1S/C13H14N2S/c1-2-4-11(5-3-1)10-16-12-8-13-14-6-7-15(13)9-12/h1-7,12H,8-10H2/t12-/m0/s1. The van der Waals surface area contributed by atoms with E-state index in [4.69, 9.17) is 0 Å². The molecule has 3 heteroatoms. The fourth-order valence-corrected chi connectivity index (χ4v) is 3.24. The molecule has 3 rings (SSSR count). The molecule has 16 heavy (non-hydrogen) atoms. The molecule has 0 saturated heterocycles. The number of thioether (sulfide) groups is 1. The molecule has 1 atom stereocenters. The maximum Gasteiger partial charge on any atom is 0.109 e. The third-order valence-electron chi connectivity index (χ3n) is 2.94. The first-order valence-electron chi connectivity index (χ1n) is 5.57. The number of aromatic nitrogens is 2. The quantitative estimate of drug-likeness (QED) is 0.807. The molecule has 0 spiro atoms. The van der Waals surface area contributed by atoms with Gasteiger partial charge >= 0.3 is 0 Å². The van der Waals surface area contributed by atoms with Crippen LogP contribution in [0.3, 0.4) is 0 Å². The van der Waals surface area contributed by atoms with Crippen molar-refractivity contribution >= 4 is 11.8 Å². The highest BCUT2D eigenvalue weighted by atomic mass is 32.2. The Kier molecular flexibility index (Phi) is 2.70. The van der Waals surface area contributed by atoms with Gasteiger partial charge in [0.2, 0.25) is 0 Å². The molecule has 0 N–H and O–H groups in total. The second-order valence-corrected chi connectivity index (χ2v) is 5.41. The van der Waals surface area contributed by atoms with Crippen LogP contribution < -0.4 is 0 Å². The average Bonchev–Trinajstić information content (AvgIpc) is 2.88. The zero-order valence-corrected chi connectivity index (χ0v) is 9.86. The van der Waals surface area contributed by atoms with Gasteiger partial charge in [-0.3, -0.25) is 0 Å². The summed E-state index contributed by atoms with van der Waals surface area (Å²) < 4.78 is 2.27. The Morgan fingerprint density at radius 1 is 1.31 bits per heavy atom. The normalized spacial score (nSPS) is 18.6. The topological polar surface area (TPSA) is 17.8 Å². The van der Waals surface area contributed by atoms with Gasteiger partial charge < -0.3 is 4.57 Å². The Morgan fingerprint density at radius 3 is 3.00 bits per heavy atom. The Bertz CT molecular complexity index is 443. The van der Waals surface area contributed by atoms with E-state index in [-0.39, 0.29) is 0 Å². The Hall–Kier alpha value is -1.22. The zero-order valence-electron chi connectivity index (χ0n) is 9.04. The van der Waals surface area contributed by atoms with Crippen molar-refractivity contribution in [1.82, 2.24) is 9.55 Å². The molecule has 0 bridgehead atoms. The van der Waals surface area contributed by atoms with E-state index in [1.165, 1.54) is 11.4 Å². The van der Waals surface area contributed by atoms with E-state index in [1.54, 1.807) is 0 Å². The van der Waals surface area contributed by atoms with Gasteiger partial charge in [0.05, 0.1) is 0 Å². The lowest BCUT2D eigenvalue weighted by Crippen LogP contribution is -2.04. The second-order valence-electron chi connectivity index (χ2n) is 4.12. The van der Waals surface area contributed by atoms with Crippen LogP contribution in [0.25, 0.3) is 0 Å². The van der Waals surface area contributed by atoms with E-state index in [0.717, 1.165) is 18.7 Å². The van der Waals surface area contributed by atoms with Crippen molar-refractivity contribution in [1.29, 1.82) is 0 Å². The molecule has 82 valence electrons. The van der Waals surface area contributed by atoms with E-state index in [0.29, 0.717) is 5.25 Å². The minimum Gasteiger partial charge on any atom is -0.334 e. The van der Waals surface area contributed by atoms with Crippen LogP contribution in [0, 0.1) is 0 Å². The summed E-state index contributed by atoms with van der Waals surface area (Å²) in [6.07, 6.45) is 5.09. The third kappa shape index (κ3) is 2.00. The second kappa shape index (κ2) is 4.34. The van der Waals surface area contributed by atoms with Crippen molar-refractivity contribution in [3.8, 4) is 0 Å². The molecule has 2 nitrogen and oxygen atoms in total. The number of imidazole rings is 1. The summed E-state index contributed by atoms with van der Waals surface area (Å²) in [6, 6.07) is 10.7. The van der Waals surface area contributed by atoms with Crippen molar-refractivity contribution in [2.45, 2.75) is 24.0 Å². The molecule has 2 aromatic rings. The van der Waals surface area contributed by atoms with Gasteiger partial charge in [0, 0.05) is 36.4 Å². The van der Waals surface area contributed by atoms with Gasteiger partial charge in [0.25, 0.3) is 0 Å². The summed E-state index contributed by atoms with van der Waals surface area (Å²) in [6.45, 7) is 1.12. The Balaban J connectivity index is 1.57. The predicted octanol–water partition coefficient (Wildman–Crippen LogP) is 2.74. The molecule has 0 fully saturated rings. The van der Waals surface area contributed by atoms with Crippen molar-refractivity contribution < 1.29 is 0 Å². The number of hydrogen-bond donors (Lipinski definition) is 0. The monoisotopic (exact) mass is 230 g/mol. The molecule has 0 radical (unpaired) electrons. The summed E-state index contributed by atoms with van der Waals surface area (Å²) in [5.41, 5.74) is 1.41. The molecule has 0 saturated carbocycles. The first-order valence-corrected chi connectivity index (χ1v) is 6.62. The van der Waals surface area contributed by atoms with Crippen LogP contribution in [0.5, 0.6) is 0 Å². The Morgan fingerprint density at radius 2 is 2.19 bits per heavy atom. The van der Waals surface area contributed by atoms with Crippen molar-refractivity contribution in [2.24, 2.45) is 0 Å². The molecule has 0 unspecified atom stereocenters. The maximum absolute atomic E-state index is 4.35. The van der Waals surface area contributed by atoms with Crippen LogP contribution in [-0.4, -0.2) is 14.8 Å².